The second-order valence-corrected chi connectivity index (χ2v) is 7.69. The van der Waals surface area contributed by atoms with E-state index in [2.05, 4.69) is 53.2 Å². The summed E-state index contributed by atoms with van der Waals surface area (Å²) in [5, 5.41) is 0. The first-order valence-corrected chi connectivity index (χ1v) is 9.47. The zero-order valence-corrected chi connectivity index (χ0v) is 15.9. The molecule has 0 bridgehead atoms. The Bertz CT molecular complexity index is 929. The summed E-state index contributed by atoms with van der Waals surface area (Å²) in [4.78, 5) is 23.0. The highest BCUT2D eigenvalue weighted by atomic mass is 16.1. The summed E-state index contributed by atoms with van der Waals surface area (Å²) in [5.41, 5.74) is 6.50. The molecule has 1 N–H and O–H groups in total. The number of Topliss-reactive ketones (excluding diaryl/α,β-unsaturated/α-hetero) is 1. The predicted octanol–water partition coefficient (Wildman–Crippen LogP) is 3.97. The van der Waals surface area contributed by atoms with Crippen LogP contribution < -0.4 is 0 Å². The quantitative estimate of drug-likeness (QED) is 0.750. The van der Waals surface area contributed by atoms with E-state index in [9.17, 15) is 4.79 Å². The number of pyridine rings is 1. The van der Waals surface area contributed by atoms with Crippen molar-refractivity contribution in [2.45, 2.75) is 19.3 Å². The summed E-state index contributed by atoms with van der Waals surface area (Å²) >= 11 is 0. The van der Waals surface area contributed by atoms with E-state index in [1.54, 1.807) is 12.4 Å². The fraction of sp³-hybridized carbons (Fsp3) is 0.304. The summed E-state index contributed by atoms with van der Waals surface area (Å²) in [6.45, 7) is 0.933. The van der Waals surface area contributed by atoms with Gasteiger partial charge < -0.3 is 9.88 Å². The van der Waals surface area contributed by atoms with Gasteiger partial charge in [0, 0.05) is 48.6 Å². The van der Waals surface area contributed by atoms with E-state index in [1.165, 1.54) is 5.56 Å². The highest BCUT2D eigenvalue weighted by molar-refractivity contribution is 6.01. The number of ketones is 1. The van der Waals surface area contributed by atoms with E-state index >= 15 is 0 Å². The van der Waals surface area contributed by atoms with E-state index in [4.69, 9.17) is 0 Å². The molecule has 0 saturated heterocycles. The van der Waals surface area contributed by atoms with Crippen molar-refractivity contribution in [3.8, 4) is 11.3 Å². The summed E-state index contributed by atoms with van der Waals surface area (Å²) in [5.74, 6) is 0.638. The molecular weight excluding hydrogens is 334 g/mol. The largest absolute Gasteiger partial charge is 0.358 e. The van der Waals surface area contributed by atoms with Crippen LogP contribution in [0.5, 0.6) is 0 Å². The van der Waals surface area contributed by atoms with Crippen molar-refractivity contribution in [2.24, 2.45) is 5.92 Å². The second-order valence-electron chi connectivity index (χ2n) is 7.69. The lowest BCUT2D eigenvalue weighted by Gasteiger charge is -2.24. The first kappa shape index (κ1) is 17.7. The third-order valence-corrected chi connectivity index (χ3v) is 5.24. The minimum absolute atomic E-state index is 0.269. The standard InChI is InChI=1S/C23H25N3O/c1-26(2)15-17-13-20-22(21(27)14-17)19(12-16-6-4-3-5-7-16)23(25-20)18-8-10-24-11-9-18/h3-11,17,25H,12-15H2,1-2H3. The molecule has 4 nitrogen and oxygen atoms in total. The van der Waals surface area contributed by atoms with Crippen LogP contribution in [0.2, 0.25) is 0 Å². The number of fused-ring (bicyclic) bond motifs is 1. The van der Waals surface area contributed by atoms with Gasteiger partial charge in [-0.05, 0) is 49.7 Å². The van der Waals surface area contributed by atoms with Crippen molar-refractivity contribution in [1.82, 2.24) is 14.9 Å². The van der Waals surface area contributed by atoms with Crippen molar-refractivity contribution in [3.63, 3.8) is 0 Å². The van der Waals surface area contributed by atoms with Crippen molar-refractivity contribution in [2.75, 3.05) is 20.6 Å². The van der Waals surface area contributed by atoms with Gasteiger partial charge in [-0.3, -0.25) is 9.78 Å². The van der Waals surface area contributed by atoms with Crippen molar-refractivity contribution >= 4 is 5.78 Å². The third kappa shape index (κ3) is 3.71. The van der Waals surface area contributed by atoms with Gasteiger partial charge in [0.25, 0.3) is 0 Å². The van der Waals surface area contributed by atoms with Crippen molar-refractivity contribution in [3.05, 3.63) is 77.2 Å². The lowest BCUT2D eigenvalue weighted by Crippen LogP contribution is -2.29. The summed E-state index contributed by atoms with van der Waals surface area (Å²) in [7, 11) is 4.13. The first-order valence-electron chi connectivity index (χ1n) is 9.47. The smallest absolute Gasteiger partial charge is 0.165 e. The van der Waals surface area contributed by atoms with Gasteiger partial charge in [0.15, 0.2) is 5.78 Å². The van der Waals surface area contributed by atoms with Crippen molar-refractivity contribution in [1.29, 1.82) is 0 Å². The number of nitrogens with zero attached hydrogens (tertiary/aromatic N) is 2. The Labute approximate surface area is 160 Å². The number of H-pyrrole nitrogens is 1. The number of carbonyl (C=O) groups excluding carboxylic acids is 1. The number of rotatable bonds is 5. The molecule has 138 valence electrons. The summed E-state index contributed by atoms with van der Waals surface area (Å²) < 4.78 is 0. The Morgan fingerprint density at radius 3 is 2.52 bits per heavy atom. The van der Waals surface area contributed by atoms with Gasteiger partial charge >= 0.3 is 0 Å². The number of hydrogen-bond donors (Lipinski definition) is 1. The second kappa shape index (κ2) is 7.49. The van der Waals surface area contributed by atoms with Crippen LogP contribution in [0.3, 0.4) is 0 Å². The number of aromatic nitrogens is 2. The van der Waals surface area contributed by atoms with Gasteiger partial charge in [-0.25, -0.2) is 0 Å². The van der Waals surface area contributed by atoms with Crippen molar-refractivity contribution < 1.29 is 4.79 Å². The van der Waals surface area contributed by atoms with E-state index < -0.39 is 0 Å². The molecule has 4 heteroatoms. The average molecular weight is 359 g/mol. The number of benzene rings is 1. The van der Waals surface area contributed by atoms with Gasteiger partial charge in [0.2, 0.25) is 0 Å². The van der Waals surface area contributed by atoms with Crippen LogP contribution in [0, 0.1) is 5.92 Å². The normalized spacial score (nSPS) is 16.6. The molecule has 1 aliphatic carbocycles. The third-order valence-electron chi connectivity index (χ3n) is 5.24. The molecule has 0 amide bonds. The highest BCUT2D eigenvalue weighted by Crippen LogP contribution is 2.36. The van der Waals surface area contributed by atoms with Gasteiger partial charge in [0.05, 0.1) is 5.69 Å². The molecule has 0 spiro atoms. The van der Waals surface area contributed by atoms with Gasteiger partial charge in [-0.1, -0.05) is 30.3 Å². The lowest BCUT2D eigenvalue weighted by atomic mass is 9.83. The number of hydrogen-bond acceptors (Lipinski definition) is 3. The zero-order chi connectivity index (χ0) is 18.8. The van der Waals surface area contributed by atoms with Crippen LogP contribution in [-0.2, 0) is 12.8 Å². The van der Waals surface area contributed by atoms with Crippen LogP contribution in [0.15, 0.2) is 54.9 Å². The molecule has 4 rings (SSSR count). The number of aromatic amines is 1. The Kier molecular flexibility index (Phi) is 4.90. The van der Waals surface area contributed by atoms with E-state index in [1.807, 2.05) is 18.2 Å². The summed E-state index contributed by atoms with van der Waals surface area (Å²) in [6.07, 6.45) is 5.91. The fourth-order valence-corrected chi connectivity index (χ4v) is 4.20. The van der Waals surface area contributed by atoms with Gasteiger partial charge in [-0.2, -0.15) is 0 Å². The fourth-order valence-electron chi connectivity index (χ4n) is 4.20. The Balaban J connectivity index is 1.79. The summed E-state index contributed by atoms with van der Waals surface area (Å²) in [6, 6.07) is 14.4. The minimum Gasteiger partial charge on any atom is -0.358 e. The maximum Gasteiger partial charge on any atom is 0.165 e. The topological polar surface area (TPSA) is 49.0 Å². The van der Waals surface area contributed by atoms with Crippen LogP contribution in [0.25, 0.3) is 11.3 Å². The highest BCUT2D eigenvalue weighted by Gasteiger charge is 2.31. The molecular formula is C23H25N3O. The Morgan fingerprint density at radius 1 is 1.07 bits per heavy atom. The van der Waals surface area contributed by atoms with Crippen LogP contribution in [0.1, 0.15) is 33.6 Å². The lowest BCUT2D eigenvalue weighted by molar-refractivity contribution is 0.0938. The maximum absolute atomic E-state index is 13.1. The monoisotopic (exact) mass is 359 g/mol. The van der Waals surface area contributed by atoms with Crippen LogP contribution >= 0.6 is 0 Å². The molecule has 1 unspecified atom stereocenters. The molecule has 3 aromatic rings. The molecule has 0 aliphatic heterocycles. The molecule has 2 aromatic heterocycles. The van der Waals surface area contributed by atoms with E-state index in [0.717, 1.165) is 47.5 Å². The number of nitrogens with one attached hydrogen (secondary N) is 1. The molecule has 1 atom stereocenters. The van der Waals surface area contributed by atoms with E-state index in [0.29, 0.717) is 12.3 Å². The van der Waals surface area contributed by atoms with E-state index in [-0.39, 0.29) is 5.78 Å². The van der Waals surface area contributed by atoms with Gasteiger partial charge in [-0.15, -0.1) is 0 Å². The van der Waals surface area contributed by atoms with Crippen LogP contribution in [-0.4, -0.2) is 41.3 Å². The Hall–Kier alpha value is -2.72. The molecule has 0 fully saturated rings. The molecule has 0 radical (unpaired) electrons. The molecule has 2 heterocycles. The SMILES string of the molecule is CN(C)CC1CC(=O)c2c([nH]c(-c3ccncc3)c2Cc2ccccc2)C1. The maximum atomic E-state index is 13.1. The van der Waals surface area contributed by atoms with Crippen LogP contribution in [0.4, 0.5) is 0 Å². The minimum atomic E-state index is 0.269. The molecule has 27 heavy (non-hydrogen) atoms. The molecule has 0 saturated carbocycles. The zero-order valence-electron chi connectivity index (χ0n) is 15.9. The number of carbonyl (C=O) groups is 1. The predicted molar refractivity (Wildman–Crippen MR) is 108 cm³/mol. The Morgan fingerprint density at radius 2 is 1.81 bits per heavy atom. The van der Waals surface area contributed by atoms with Gasteiger partial charge in [0.1, 0.15) is 0 Å². The molecule has 1 aliphatic rings. The first-order chi connectivity index (χ1) is 13.1. The average Bonchev–Trinajstić information content (AvgIpc) is 3.01. The molecule has 1 aromatic carbocycles.